The summed E-state index contributed by atoms with van der Waals surface area (Å²) in [6, 6.07) is 14.4. The Balaban J connectivity index is 1.82. The Morgan fingerprint density at radius 1 is 0.696 bits per heavy atom. The Labute approximate surface area is 134 Å². The van der Waals surface area contributed by atoms with E-state index in [1.54, 1.807) is 24.3 Å². The predicted octanol–water partition coefficient (Wildman–Crippen LogP) is 4.28. The van der Waals surface area contributed by atoms with Crippen LogP contribution in [0.2, 0.25) is 0 Å². The van der Waals surface area contributed by atoms with Crippen LogP contribution in [0.3, 0.4) is 0 Å². The minimum absolute atomic E-state index is 0.107. The van der Waals surface area contributed by atoms with Gasteiger partial charge in [-0.15, -0.1) is 0 Å². The summed E-state index contributed by atoms with van der Waals surface area (Å²) in [4.78, 5) is 23.0. The highest BCUT2D eigenvalue weighted by molar-refractivity contribution is 6.05. The van der Waals surface area contributed by atoms with Crippen LogP contribution in [0.1, 0.15) is 31.8 Å². The number of ether oxygens (including phenoxy) is 1. The van der Waals surface area contributed by atoms with Gasteiger partial charge in [-0.2, -0.15) is 0 Å². The highest BCUT2D eigenvalue weighted by Crippen LogP contribution is 2.43. The van der Waals surface area contributed by atoms with Crippen LogP contribution in [0.15, 0.2) is 73.8 Å². The summed E-state index contributed by atoms with van der Waals surface area (Å²) in [5, 5.41) is 0. The van der Waals surface area contributed by atoms with E-state index in [1.807, 2.05) is 24.3 Å². The molecule has 0 spiro atoms. The lowest BCUT2D eigenvalue weighted by Gasteiger charge is -1.96. The number of carbonyl (C=O) groups is 2. The number of allylic oxidation sites excluding steroid dienone is 2. The third-order valence-corrected chi connectivity index (χ3v) is 3.60. The maximum Gasteiger partial charge on any atom is 0.185 e. The zero-order valence-corrected chi connectivity index (χ0v) is 12.4. The molecular weight excluding hydrogens is 288 g/mol. The maximum atomic E-state index is 11.5. The van der Waals surface area contributed by atoms with Crippen molar-refractivity contribution in [3.8, 4) is 0 Å². The van der Waals surface area contributed by atoms with E-state index in [1.165, 1.54) is 12.2 Å². The van der Waals surface area contributed by atoms with E-state index in [4.69, 9.17) is 4.74 Å². The van der Waals surface area contributed by atoms with Crippen LogP contribution in [-0.4, -0.2) is 11.6 Å². The molecule has 0 amide bonds. The van der Waals surface area contributed by atoms with Gasteiger partial charge >= 0.3 is 0 Å². The highest BCUT2D eigenvalue weighted by atomic mass is 16.6. The van der Waals surface area contributed by atoms with E-state index in [-0.39, 0.29) is 11.6 Å². The smallest absolute Gasteiger partial charge is 0.185 e. The average molecular weight is 302 g/mol. The van der Waals surface area contributed by atoms with Crippen LogP contribution in [0.25, 0.3) is 11.5 Å². The van der Waals surface area contributed by atoms with Gasteiger partial charge in [0.25, 0.3) is 0 Å². The molecule has 0 saturated carbocycles. The Hall–Kier alpha value is -3.20. The van der Waals surface area contributed by atoms with Gasteiger partial charge in [-0.05, 0) is 12.2 Å². The molecule has 0 aliphatic carbocycles. The van der Waals surface area contributed by atoms with Crippen molar-refractivity contribution >= 4 is 23.1 Å². The van der Waals surface area contributed by atoms with Crippen molar-refractivity contribution in [3.63, 3.8) is 0 Å². The topological polar surface area (TPSA) is 46.7 Å². The molecule has 1 heterocycles. The SMILES string of the molecule is C=CC(=O)c1ccc(C2=C(c3ccc(C(=O)C=C)cc3)O2)cc1. The van der Waals surface area contributed by atoms with Crippen molar-refractivity contribution in [2.24, 2.45) is 0 Å². The Morgan fingerprint density at radius 2 is 1.04 bits per heavy atom. The Kier molecular flexibility index (Phi) is 3.77. The summed E-state index contributed by atoms with van der Waals surface area (Å²) < 4.78 is 5.57. The summed E-state index contributed by atoms with van der Waals surface area (Å²) in [6.07, 6.45) is 2.58. The largest absolute Gasteiger partial charge is 0.448 e. The van der Waals surface area contributed by atoms with Crippen LogP contribution >= 0.6 is 0 Å². The molecule has 0 bridgehead atoms. The van der Waals surface area contributed by atoms with Crippen LogP contribution < -0.4 is 0 Å². The summed E-state index contributed by atoms with van der Waals surface area (Å²) in [6.45, 7) is 6.94. The number of carbonyl (C=O) groups excluding carboxylic acids is 2. The lowest BCUT2D eigenvalue weighted by Crippen LogP contribution is -1.92. The molecule has 3 nitrogen and oxygen atoms in total. The molecule has 1 aliphatic rings. The van der Waals surface area contributed by atoms with Gasteiger partial charge in [-0.3, -0.25) is 9.59 Å². The monoisotopic (exact) mass is 302 g/mol. The van der Waals surface area contributed by atoms with E-state index in [9.17, 15) is 9.59 Å². The first-order chi connectivity index (χ1) is 11.1. The van der Waals surface area contributed by atoms with E-state index >= 15 is 0 Å². The van der Waals surface area contributed by atoms with Gasteiger partial charge in [-0.25, -0.2) is 0 Å². The molecule has 0 fully saturated rings. The van der Waals surface area contributed by atoms with Gasteiger partial charge in [0.15, 0.2) is 23.1 Å². The van der Waals surface area contributed by atoms with Crippen molar-refractivity contribution in [1.29, 1.82) is 0 Å². The van der Waals surface area contributed by atoms with Crippen LogP contribution in [-0.2, 0) is 4.74 Å². The van der Waals surface area contributed by atoms with Crippen LogP contribution in [0.5, 0.6) is 0 Å². The summed E-state index contributed by atoms with van der Waals surface area (Å²) in [5.41, 5.74) is 3.01. The van der Waals surface area contributed by atoms with Crippen molar-refractivity contribution < 1.29 is 14.3 Å². The number of ketones is 2. The third-order valence-electron chi connectivity index (χ3n) is 3.60. The first-order valence-corrected chi connectivity index (χ1v) is 7.10. The lowest BCUT2D eigenvalue weighted by atomic mass is 10.1. The van der Waals surface area contributed by atoms with Gasteiger partial charge in [0, 0.05) is 22.3 Å². The van der Waals surface area contributed by atoms with E-state index in [0.29, 0.717) is 11.1 Å². The molecule has 0 unspecified atom stereocenters. The summed E-state index contributed by atoms with van der Waals surface area (Å²) in [5.74, 6) is 1.35. The van der Waals surface area contributed by atoms with Gasteiger partial charge in [0.2, 0.25) is 0 Å². The number of rotatable bonds is 6. The van der Waals surface area contributed by atoms with Crippen LogP contribution in [0, 0.1) is 0 Å². The molecule has 1 aliphatic heterocycles. The lowest BCUT2D eigenvalue weighted by molar-refractivity contribution is 0.103. The summed E-state index contributed by atoms with van der Waals surface area (Å²) >= 11 is 0. The maximum absolute atomic E-state index is 11.5. The van der Waals surface area contributed by atoms with Crippen LogP contribution in [0.4, 0.5) is 0 Å². The average Bonchev–Trinajstić information content (AvgIpc) is 3.41. The normalized spacial score (nSPS) is 12.3. The zero-order valence-electron chi connectivity index (χ0n) is 12.4. The van der Waals surface area contributed by atoms with Crippen molar-refractivity contribution in [3.05, 3.63) is 96.1 Å². The van der Waals surface area contributed by atoms with E-state index in [0.717, 1.165) is 22.6 Å². The fraction of sp³-hybridized carbons (Fsp3) is 0. The van der Waals surface area contributed by atoms with Crippen molar-refractivity contribution in [1.82, 2.24) is 0 Å². The highest BCUT2D eigenvalue weighted by Gasteiger charge is 2.28. The molecule has 2 aromatic carbocycles. The second-order valence-electron chi connectivity index (χ2n) is 5.05. The molecule has 0 saturated heterocycles. The molecule has 112 valence electrons. The Bertz CT molecular complexity index is 766. The van der Waals surface area contributed by atoms with Gasteiger partial charge < -0.3 is 4.74 Å². The number of benzene rings is 2. The second-order valence-corrected chi connectivity index (χ2v) is 5.05. The van der Waals surface area contributed by atoms with Gasteiger partial charge in [0.05, 0.1) is 0 Å². The second kappa shape index (κ2) is 5.89. The minimum atomic E-state index is -0.107. The first-order valence-electron chi connectivity index (χ1n) is 7.10. The molecule has 0 radical (unpaired) electrons. The summed E-state index contributed by atoms with van der Waals surface area (Å²) in [7, 11) is 0. The fourth-order valence-corrected chi connectivity index (χ4v) is 2.26. The standard InChI is InChI=1S/C20H14O3/c1-3-17(21)13-5-9-15(10-6-13)19-20(23-19)16-11-7-14(8-12-16)18(22)4-2/h3-12H,1-2H2. The van der Waals surface area contributed by atoms with Crippen molar-refractivity contribution in [2.75, 3.05) is 0 Å². The molecule has 0 N–H and O–H groups in total. The first kappa shape index (κ1) is 14.7. The third kappa shape index (κ3) is 2.90. The minimum Gasteiger partial charge on any atom is -0.448 e. The number of hydrogen-bond donors (Lipinski definition) is 0. The fourth-order valence-electron chi connectivity index (χ4n) is 2.26. The predicted molar refractivity (Wildman–Crippen MR) is 89.8 cm³/mol. The Morgan fingerprint density at radius 3 is 1.35 bits per heavy atom. The quantitative estimate of drug-likeness (QED) is 0.591. The molecule has 2 aromatic rings. The van der Waals surface area contributed by atoms with Gasteiger partial charge in [-0.1, -0.05) is 61.7 Å². The van der Waals surface area contributed by atoms with E-state index in [2.05, 4.69) is 13.2 Å². The van der Waals surface area contributed by atoms with Crippen molar-refractivity contribution in [2.45, 2.75) is 0 Å². The number of hydrogen-bond acceptors (Lipinski definition) is 3. The van der Waals surface area contributed by atoms with Gasteiger partial charge in [0.1, 0.15) is 0 Å². The molecule has 0 atom stereocenters. The zero-order chi connectivity index (χ0) is 16.4. The molecule has 0 aromatic heterocycles. The molecular formula is C20H14O3. The van der Waals surface area contributed by atoms with E-state index < -0.39 is 0 Å². The molecule has 23 heavy (non-hydrogen) atoms. The molecule has 3 rings (SSSR count). The molecule has 3 heteroatoms.